The molecule has 0 unspecified atom stereocenters. The molecule has 0 aliphatic heterocycles. The molecule has 2 aromatic rings. The lowest BCUT2D eigenvalue weighted by atomic mass is 10.2. The Kier molecular flexibility index (Phi) is 11.5. The van der Waals surface area contributed by atoms with E-state index in [-0.39, 0.29) is 6.10 Å². The Labute approximate surface area is 169 Å². The van der Waals surface area contributed by atoms with Crippen molar-refractivity contribution < 1.29 is 9.47 Å². The van der Waals surface area contributed by atoms with Gasteiger partial charge < -0.3 is 9.47 Å². The molecule has 0 fully saturated rings. The third kappa shape index (κ3) is 9.09. The molecule has 0 bridgehead atoms. The molecule has 150 valence electrons. The van der Waals surface area contributed by atoms with E-state index in [1.807, 2.05) is 6.20 Å². The fraction of sp³-hybridized carbons (Fsp3) is 0.545. The van der Waals surface area contributed by atoms with Crippen molar-refractivity contribution in [1.82, 2.24) is 9.97 Å². The Balaban J connectivity index is 0.000000271. The molecule has 0 saturated carbocycles. The minimum absolute atomic E-state index is 0.264. The topological polar surface area (TPSA) is 44.2 Å². The van der Waals surface area contributed by atoms with Crippen molar-refractivity contribution >= 4 is 11.6 Å². The summed E-state index contributed by atoms with van der Waals surface area (Å²) in [5.41, 5.74) is 1.23. The molecular formula is C22H33ClN2O2. The molecule has 0 atom stereocenters. The number of pyridine rings is 2. The van der Waals surface area contributed by atoms with Crippen LogP contribution in [0.1, 0.15) is 65.9 Å². The van der Waals surface area contributed by atoms with Gasteiger partial charge in [-0.15, -0.1) is 0 Å². The molecule has 0 saturated heterocycles. The molecule has 0 spiro atoms. The standard InChI is InChI=1S/C12H19NO.C10H14ClNO/c1-4-10-7-12(9-13-8-10)14-11(5-2)6-3;1-3-9(4-2)13-10-5-8(11)6-12-7-10/h7-9,11H,4-6H2,1-3H3;5-7,9H,3-4H2,1-2H3. The Hall–Kier alpha value is -1.81. The summed E-state index contributed by atoms with van der Waals surface area (Å²) in [6.07, 6.45) is 12.7. The van der Waals surface area contributed by atoms with E-state index in [0.29, 0.717) is 11.1 Å². The Bertz CT molecular complexity index is 644. The van der Waals surface area contributed by atoms with E-state index in [1.54, 1.807) is 24.7 Å². The molecule has 2 aromatic heterocycles. The van der Waals surface area contributed by atoms with Gasteiger partial charge in [0.2, 0.25) is 0 Å². The average Bonchev–Trinajstić information content (AvgIpc) is 2.71. The second kappa shape index (κ2) is 13.4. The second-order valence-corrected chi connectivity index (χ2v) is 6.77. The van der Waals surface area contributed by atoms with Gasteiger partial charge in [-0.1, -0.05) is 46.2 Å². The quantitative estimate of drug-likeness (QED) is 0.487. The first-order chi connectivity index (χ1) is 13.1. The zero-order valence-corrected chi connectivity index (χ0v) is 18.0. The molecule has 0 N–H and O–H groups in total. The average molecular weight is 393 g/mol. The predicted molar refractivity (Wildman–Crippen MR) is 113 cm³/mol. The Morgan fingerprint density at radius 1 is 0.741 bits per heavy atom. The van der Waals surface area contributed by atoms with Gasteiger partial charge in [-0.05, 0) is 43.7 Å². The Morgan fingerprint density at radius 3 is 1.67 bits per heavy atom. The lowest BCUT2D eigenvalue weighted by Gasteiger charge is -2.15. The molecule has 0 aliphatic carbocycles. The molecule has 0 aromatic carbocycles. The summed E-state index contributed by atoms with van der Waals surface area (Å²) in [6, 6.07) is 3.86. The zero-order valence-electron chi connectivity index (χ0n) is 17.2. The highest BCUT2D eigenvalue weighted by atomic mass is 35.5. The van der Waals surface area contributed by atoms with Crippen molar-refractivity contribution in [2.45, 2.75) is 78.9 Å². The number of halogens is 1. The maximum Gasteiger partial charge on any atom is 0.139 e. The minimum Gasteiger partial charge on any atom is -0.489 e. The van der Waals surface area contributed by atoms with E-state index in [2.05, 4.69) is 50.7 Å². The molecule has 2 rings (SSSR count). The van der Waals surface area contributed by atoms with Crippen LogP contribution in [0.25, 0.3) is 0 Å². The summed E-state index contributed by atoms with van der Waals surface area (Å²) >= 11 is 5.77. The number of hydrogen-bond acceptors (Lipinski definition) is 4. The normalized spacial score (nSPS) is 10.5. The van der Waals surface area contributed by atoms with Crippen molar-refractivity contribution in [2.75, 3.05) is 0 Å². The van der Waals surface area contributed by atoms with Crippen LogP contribution < -0.4 is 9.47 Å². The molecule has 0 radical (unpaired) electrons. The van der Waals surface area contributed by atoms with Gasteiger partial charge in [-0.25, -0.2) is 0 Å². The third-order valence-corrected chi connectivity index (χ3v) is 4.49. The van der Waals surface area contributed by atoms with Crippen LogP contribution in [0.5, 0.6) is 11.5 Å². The third-order valence-electron chi connectivity index (χ3n) is 4.28. The van der Waals surface area contributed by atoms with Crippen LogP contribution in [0.3, 0.4) is 0 Å². The number of ether oxygens (including phenoxy) is 2. The van der Waals surface area contributed by atoms with Crippen LogP contribution in [0, 0.1) is 0 Å². The molecule has 0 aliphatic rings. The maximum absolute atomic E-state index is 5.79. The lowest BCUT2D eigenvalue weighted by Crippen LogP contribution is -2.13. The van der Waals surface area contributed by atoms with E-state index < -0.39 is 0 Å². The number of aromatic nitrogens is 2. The van der Waals surface area contributed by atoms with E-state index in [1.165, 1.54) is 5.56 Å². The first-order valence-corrected chi connectivity index (χ1v) is 10.3. The highest BCUT2D eigenvalue weighted by Crippen LogP contribution is 2.18. The summed E-state index contributed by atoms with van der Waals surface area (Å²) in [6.45, 7) is 10.6. The first kappa shape index (κ1) is 23.2. The van der Waals surface area contributed by atoms with E-state index >= 15 is 0 Å². The van der Waals surface area contributed by atoms with E-state index in [9.17, 15) is 0 Å². The van der Waals surface area contributed by atoms with Crippen LogP contribution in [0.15, 0.2) is 36.9 Å². The molecule has 5 heteroatoms. The zero-order chi connectivity index (χ0) is 20.1. The van der Waals surface area contributed by atoms with Crippen molar-refractivity contribution in [3.05, 3.63) is 47.5 Å². The van der Waals surface area contributed by atoms with Crippen molar-refractivity contribution in [3.8, 4) is 11.5 Å². The fourth-order valence-corrected chi connectivity index (χ4v) is 2.64. The van der Waals surface area contributed by atoms with Gasteiger partial charge in [0.1, 0.15) is 11.5 Å². The van der Waals surface area contributed by atoms with Crippen LogP contribution in [0.2, 0.25) is 5.02 Å². The smallest absolute Gasteiger partial charge is 0.139 e. The number of hydrogen-bond donors (Lipinski definition) is 0. The second-order valence-electron chi connectivity index (χ2n) is 6.33. The summed E-state index contributed by atoms with van der Waals surface area (Å²) in [4.78, 5) is 8.10. The van der Waals surface area contributed by atoms with Crippen LogP contribution >= 0.6 is 11.6 Å². The van der Waals surface area contributed by atoms with Crippen LogP contribution in [0.4, 0.5) is 0 Å². The first-order valence-electron chi connectivity index (χ1n) is 9.93. The summed E-state index contributed by atoms with van der Waals surface area (Å²) in [7, 11) is 0. The van der Waals surface area contributed by atoms with Crippen molar-refractivity contribution in [1.29, 1.82) is 0 Å². The van der Waals surface area contributed by atoms with Crippen LogP contribution in [-0.2, 0) is 6.42 Å². The molecular weight excluding hydrogens is 360 g/mol. The van der Waals surface area contributed by atoms with Crippen LogP contribution in [-0.4, -0.2) is 22.2 Å². The summed E-state index contributed by atoms with van der Waals surface area (Å²) in [5.74, 6) is 1.65. The summed E-state index contributed by atoms with van der Waals surface area (Å²) in [5, 5.41) is 0.614. The largest absolute Gasteiger partial charge is 0.489 e. The molecule has 27 heavy (non-hydrogen) atoms. The van der Waals surface area contributed by atoms with E-state index in [0.717, 1.165) is 43.6 Å². The SMILES string of the molecule is CCC(CC)Oc1cncc(Cl)c1.CCc1cncc(OC(CC)CC)c1. The highest BCUT2D eigenvalue weighted by Gasteiger charge is 2.06. The van der Waals surface area contributed by atoms with Gasteiger partial charge in [0, 0.05) is 18.5 Å². The monoisotopic (exact) mass is 392 g/mol. The molecule has 0 amide bonds. The van der Waals surface area contributed by atoms with Gasteiger partial charge >= 0.3 is 0 Å². The highest BCUT2D eigenvalue weighted by molar-refractivity contribution is 6.30. The van der Waals surface area contributed by atoms with Crippen molar-refractivity contribution in [3.63, 3.8) is 0 Å². The van der Waals surface area contributed by atoms with Gasteiger partial charge in [0.15, 0.2) is 0 Å². The lowest BCUT2D eigenvalue weighted by molar-refractivity contribution is 0.192. The maximum atomic E-state index is 5.79. The van der Waals surface area contributed by atoms with Gasteiger partial charge in [0.25, 0.3) is 0 Å². The van der Waals surface area contributed by atoms with Gasteiger partial charge in [-0.3, -0.25) is 9.97 Å². The number of nitrogens with zero attached hydrogens (tertiary/aromatic N) is 2. The van der Waals surface area contributed by atoms with Crippen molar-refractivity contribution in [2.24, 2.45) is 0 Å². The fourth-order valence-electron chi connectivity index (χ4n) is 2.47. The summed E-state index contributed by atoms with van der Waals surface area (Å²) < 4.78 is 11.4. The Morgan fingerprint density at radius 2 is 1.22 bits per heavy atom. The molecule has 2 heterocycles. The number of rotatable bonds is 9. The number of aryl methyl sites for hydroxylation is 1. The predicted octanol–water partition coefficient (Wildman–Crippen LogP) is 6.51. The van der Waals surface area contributed by atoms with Gasteiger partial charge in [-0.2, -0.15) is 0 Å². The van der Waals surface area contributed by atoms with E-state index in [4.69, 9.17) is 21.1 Å². The molecule has 4 nitrogen and oxygen atoms in total. The van der Waals surface area contributed by atoms with Gasteiger partial charge in [0.05, 0.1) is 29.6 Å². The minimum atomic E-state index is 0.264.